The molecular formula is C15H16Cl2N2OS. The van der Waals surface area contributed by atoms with Crippen LogP contribution in [0.1, 0.15) is 13.8 Å². The van der Waals surface area contributed by atoms with Crippen molar-refractivity contribution >= 4 is 40.7 Å². The van der Waals surface area contributed by atoms with Crippen molar-refractivity contribution in [2.75, 3.05) is 12.3 Å². The van der Waals surface area contributed by atoms with Gasteiger partial charge in [0.25, 0.3) is 0 Å². The Morgan fingerprint density at radius 3 is 2.71 bits per heavy atom. The van der Waals surface area contributed by atoms with E-state index in [0.717, 1.165) is 9.92 Å². The molecule has 0 amide bonds. The second kappa shape index (κ2) is 7.25. The lowest BCUT2D eigenvalue weighted by molar-refractivity contribution is 0.261. The molecule has 0 fully saturated rings. The highest BCUT2D eigenvalue weighted by molar-refractivity contribution is 7.99. The number of hydrogen-bond acceptors (Lipinski definition) is 4. The summed E-state index contributed by atoms with van der Waals surface area (Å²) in [6, 6.07) is 8.94. The van der Waals surface area contributed by atoms with Gasteiger partial charge in [0.1, 0.15) is 5.03 Å². The fourth-order valence-corrected chi connectivity index (χ4v) is 2.83. The number of hydrogen-bond donors (Lipinski definition) is 1. The average Bonchev–Trinajstić information content (AvgIpc) is 2.43. The van der Waals surface area contributed by atoms with E-state index in [9.17, 15) is 0 Å². The van der Waals surface area contributed by atoms with Crippen molar-refractivity contribution in [3.63, 3.8) is 0 Å². The van der Waals surface area contributed by atoms with Crippen molar-refractivity contribution < 1.29 is 4.74 Å². The van der Waals surface area contributed by atoms with Crippen LogP contribution in [0.25, 0.3) is 0 Å². The van der Waals surface area contributed by atoms with Crippen LogP contribution in [0.15, 0.2) is 40.3 Å². The van der Waals surface area contributed by atoms with Crippen molar-refractivity contribution in [2.45, 2.75) is 23.8 Å². The van der Waals surface area contributed by atoms with Crippen LogP contribution in [-0.4, -0.2) is 11.6 Å². The van der Waals surface area contributed by atoms with Crippen LogP contribution < -0.4 is 10.5 Å². The molecule has 1 heterocycles. The predicted molar refractivity (Wildman–Crippen MR) is 89.6 cm³/mol. The maximum absolute atomic E-state index is 6.16. The maximum atomic E-state index is 6.16. The van der Waals surface area contributed by atoms with Crippen LogP contribution in [0.3, 0.4) is 0 Å². The number of nitrogens with zero attached hydrogens (tertiary/aromatic N) is 1. The minimum Gasteiger partial charge on any atom is -0.476 e. The van der Waals surface area contributed by atoms with Gasteiger partial charge >= 0.3 is 0 Å². The maximum Gasteiger partial charge on any atom is 0.238 e. The molecule has 2 N–H and O–H groups in total. The van der Waals surface area contributed by atoms with Crippen molar-refractivity contribution in [1.82, 2.24) is 4.98 Å². The third kappa shape index (κ3) is 4.70. The van der Waals surface area contributed by atoms with E-state index in [4.69, 9.17) is 33.7 Å². The van der Waals surface area contributed by atoms with Crippen LogP contribution in [0.5, 0.6) is 5.88 Å². The zero-order valence-electron chi connectivity index (χ0n) is 11.8. The van der Waals surface area contributed by atoms with E-state index in [1.165, 1.54) is 11.8 Å². The number of rotatable bonds is 5. The number of ether oxygens (including phenoxy) is 1. The van der Waals surface area contributed by atoms with Gasteiger partial charge in [-0.05, 0) is 36.2 Å². The summed E-state index contributed by atoms with van der Waals surface area (Å²) in [4.78, 5) is 5.27. The van der Waals surface area contributed by atoms with Crippen molar-refractivity contribution in [3.8, 4) is 5.88 Å². The zero-order chi connectivity index (χ0) is 15.4. The third-order valence-electron chi connectivity index (χ3n) is 2.53. The van der Waals surface area contributed by atoms with Gasteiger partial charge in [0.15, 0.2) is 0 Å². The van der Waals surface area contributed by atoms with Crippen LogP contribution >= 0.6 is 35.0 Å². The number of benzene rings is 1. The van der Waals surface area contributed by atoms with Gasteiger partial charge in [-0.3, -0.25) is 0 Å². The second-order valence-electron chi connectivity index (χ2n) is 4.93. The molecule has 0 atom stereocenters. The summed E-state index contributed by atoms with van der Waals surface area (Å²) in [5.74, 6) is 0.858. The van der Waals surface area contributed by atoms with Crippen molar-refractivity contribution in [1.29, 1.82) is 0 Å². The van der Waals surface area contributed by atoms with E-state index in [-0.39, 0.29) is 0 Å². The van der Waals surface area contributed by atoms with Crippen molar-refractivity contribution in [2.24, 2.45) is 5.92 Å². The van der Waals surface area contributed by atoms with Gasteiger partial charge in [0.05, 0.1) is 17.3 Å². The van der Waals surface area contributed by atoms with Gasteiger partial charge < -0.3 is 10.5 Å². The van der Waals surface area contributed by atoms with Crippen molar-refractivity contribution in [3.05, 3.63) is 40.4 Å². The highest BCUT2D eigenvalue weighted by Crippen LogP contribution is 2.35. The quantitative estimate of drug-likeness (QED) is 0.815. The Hall–Kier alpha value is -1.10. The lowest BCUT2D eigenvalue weighted by Gasteiger charge is -2.11. The van der Waals surface area contributed by atoms with Gasteiger partial charge in [-0.1, -0.05) is 48.8 Å². The number of halogens is 2. The molecule has 0 spiro atoms. The van der Waals surface area contributed by atoms with Crippen LogP contribution in [-0.2, 0) is 0 Å². The molecule has 2 rings (SSSR count). The minimum atomic E-state index is 0.407. The molecule has 0 saturated heterocycles. The molecule has 1 aromatic carbocycles. The number of aromatic nitrogens is 1. The summed E-state index contributed by atoms with van der Waals surface area (Å²) in [7, 11) is 0. The smallest absolute Gasteiger partial charge is 0.238 e. The second-order valence-corrected chi connectivity index (χ2v) is 6.83. The van der Waals surface area contributed by atoms with E-state index in [1.54, 1.807) is 24.3 Å². The first-order valence-corrected chi connectivity index (χ1v) is 8.05. The highest BCUT2D eigenvalue weighted by atomic mass is 35.5. The molecule has 1 aromatic heterocycles. The zero-order valence-corrected chi connectivity index (χ0v) is 14.1. The number of nitrogen functional groups attached to an aromatic ring is 1. The standard InChI is InChI=1S/C15H16Cl2N2OS/c1-9(2)8-20-15-12(18)5-6-14(19-15)21-13-7-10(16)3-4-11(13)17/h3-7,9H,8,18H2,1-2H3. The third-order valence-corrected chi connectivity index (χ3v) is 4.20. The Morgan fingerprint density at radius 2 is 2.00 bits per heavy atom. The fourth-order valence-electron chi connectivity index (χ4n) is 1.52. The predicted octanol–water partition coefficient (Wildman–Crippen LogP) is 5.16. The summed E-state index contributed by atoms with van der Waals surface area (Å²) in [6.45, 7) is 4.71. The molecule has 3 nitrogen and oxygen atoms in total. The molecule has 0 aliphatic rings. The van der Waals surface area contributed by atoms with Crippen LogP contribution in [0.2, 0.25) is 10.0 Å². The first kappa shape index (κ1) is 16.3. The normalized spacial score (nSPS) is 10.9. The summed E-state index contributed by atoms with van der Waals surface area (Å²) in [5, 5.41) is 2.02. The Balaban J connectivity index is 2.20. The van der Waals surface area contributed by atoms with E-state index in [0.29, 0.717) is 34.1 Å². The molecule has 0 radical (unpaired) electrons. The van der Waals surface area contributed by atoms with Gasteiger partial charge in [0, 0.05) is 9.92 Å². The molecule has 21 heavy (non-hydrogen) atoms. The topological polar surface area (TPSA) is 48.1 Å². The van der Waals surface area contributed by atoms with Gasteiger partial charge in [-0.25, -0.2) is 4.98 Å². The van der Waals surface area contributed by atoms with E-state index in [1.807, 2.05) is 6.07 Å². The summed E-state index contributed by atoms with van der Waals surface area (Å²) < 4.78 is 5.62. The van der Waals surface area contributed by atoms with Gasteiger partial charge in [-0.2, -0.15) is 0 Å². The van der Waals surface area contributed by atoms with E-state index >= 15 is 0 Å². The Labute approximate surface area is 138 Å². The SMILES string of the molecule is CC(C)COc1nc(Sc2cc(Cl)ccc2Cl)ccc1N. The molecule has 0 saturated carbocycles. The lowest BCUT2D eigenvalue weighted by Crippen LogP contribution is -2.07. The molecule has 6 heteroatoms. The van der Waals surface area contributed by atoms with E-state index < -0.39 is 0 Å². The average molecular weight is 343 g/mol. The number of pyridine rings is 1. The van der Waals surface area contributed by atoms with E-state index in [2.05, 4.69) is 18.8 Å². The monoisotopic (exact) mass is 342 g/mol. The summed E-state index contributed by atoms with van der Waals surface area (Å²) in [6.07, 6.45) is 0. The minimum absolute atomic E-state index is 0.407. The largest absolute Gasteiger partial charge is 0.476 e. The Kier molecular flexibility index (Phi) is 5.62. The highest BCUT2D eigenvalue weighted by Gasteiger charge is 2.09. The fraction of sp³-hybridized carbons (Fsp3) is 0.267. The Morgan fingerprint density at radius 1 is 1.24 bits per heavy atom. The molecule has 0 aliphatic carbocycles. The molecule has 2 aromatic rings. The van der Waals surface area contributed by atoms with Gasteiger partial charge in [-0.15, -0.1) is 0 Å². The molecule has 0 aliphatic heterocycles. The Bertz CT molecular complexity index is 635. The molecule has 0 unspecified atom stereocenters. The van der Waals surface area contributed by atoms with Gasteiger partial charge in [0.2, 0.25) is 5.88 Å². The molecular weight excluding hydrogens is 327 g/mol. The number of nitrogens with two attached hydrogens (primary N) is 1. The first-order chi connectivity index (χ1) is 9.95. The summed E-state index contributed by atoms with van der Waals surface area (Å²) in [5.41, 5.74) is 6.40. The first-order valence-electron chi connectivity index (χ1n) is 6.48. The number of anilines is 1. The molecule has 112 valence electrons. The molecule has 0 bridgehead atoms. The lowest BCUT2D eigenvalue weighted by atomic mass is 10.2. The van der Waals surface area contributed by atoms with Crippen LogP contribution in [0.4, 0.5) is 5.69 Å². The summed E-state index contributed by atoms with van der Waals surface area (Å²) >= 11 is 13.6. The van der Waals surface area contributed by atoms with Crippen LogP contribution in [0, 0.1) is 5.92 Å².